The molecule has 8 heteroatoms. The van der Waals surface area contributed by atoms with Crippen LogP contribution in [0.25, 0.3) is 0 Å². The van der Waals surface area contributed by atoms with Crippen molar-refractivity contribution in [1.29, 1.82) is 0 Å². The van der Waals surface area contributed by atoms with Gasteiger partial charge in [0.25, 0.3) is 10.0 Å². The first-order chi connectivity index (χ1) is 21.8. The third kappa shape index (κ3) is 8.85. The number of benzene rings is 4. The standard InChI is InChI=1S/C38H45N3O4S/c1-7-32-15-11-12-16-34(32)41(46(44,45)33-23-19-29(3)20-24-33)27-36(42)40(26-31-21-17-28(2)18-22-31)35(37(43)39-38(4,5)6)25-30-13-9-8-10-14-30/h8-24,35H,7,25-27H2,1-6H3,(H,39,43)/t35-/m0/s1. The van der Waals surface area contributed by atoms with Crippen LogP contribution < -0.4 is 9.62 Å². The van der Waals surface area contributed by atoms with Gasteiger partial charge in [-0.05, 0) is 75.9 Å². The van der Waals surface area contributed by atoms with Crippen LogP contribution in [0.15, 0.2) is 108 Å². The van der Waals surface area contributed by atoms with Gasteiger partial charge in [0.05, 0.1) is 10.6 Å². The summed E-state index contributed by atoms with van der Waals surface area (Å²) >= 11 is 0. The number of para-hydroxylation sites is 1. The maximum Gasteiger partial charge on any atom is 0.264 e. The van der Waals surface area contributed by atoms with Crippen molar-refractivity contribution >= 4 is 27.5 Å². The van der Waals surface area contributed by atoms with E-state index in [4.69, 9.17) is 0 Å². The molecule has 7 nitrogen and oxygen atoms in total. The number of hydrogen-bond acceptors (Lipinski definition) is 4. The van der Waals surface area contributed by atoms with Crippen molar-refractivity contribution in [2.75, 3.05) is 10.8 Å². The zero-order valence-electron chi connectivity index (χ0n) is 27.7. The lowest BCUT2D eigenvalue weighted by atomic mass is 10.0. The number of anilines is 1. The molecule has 0 aliphatic rings. The molecule has 0 radical (unpaired) electrons. The molecule has 242 valence electrons. The molecule has 4 aromatic carbocycles. The van der Waals surface area contributed by atoms with E-state index in [1.807, 2.05) is 108 Å². The van der Waals surface area contributed by atoms with Crippen molar-refractivity contribution in [2.24, 2.45) is 0 Å². The highest BCUT2D eigenvalue weighted by molar-refractivity contribution is 7.92. The van der Waals surface area contributed by atoms with Crippen molar-refractivity contribution in [2.45, 2.75) is 77.4 Å². The van der Waals surface area contributed by atoms with Gasteiger partial charge in [0.15, 0.2) is 0 Å². The van der Waals surface area contributed by atoms with E-state index in [9.17, 15) is 18.0 Å². The molecule has 4 aromatic rings. The third-order valence-electron chi connectivity index (χ3n) is 7.77. The van der Waals surface area contributed by atoms with Crippen molar-refractivity contribution in [3.8, 4) is 0 Å². The molecular formula is C38H45N3O4S. The van der Waals surface area contributed by atoms with Crippen molar-refractivity contribution in [3.63, 3.8) is 0 Å². The Morgan fingerprint density at radius 2 is 1.33 bits per heavy atom. The highest BCUT2D eigenvalue weighted by Crippen LogP contribution is 2.29. The maximum atomic E-state index is 14.7. The van der Waals surface area contributed by atoms with Crippen molar-refractivity contribution in [1.82, 2.24) is 10.2 Å². The molecule has 0 heterocycles. The second kappa shape index (κ2) is 14.8. The largest absolute Gasteiger partial charge is 0.350 e. The van der Waals surface area contributed by atoms with Crippen molar-refractivity contribution < 1.29 is 18.0 Å². The van der Waals surface area contributed by atoms with E-state index in [2.05, 4.69) is 5.32 Å². The minimum Gasteiger partial charge on any atom is -0.350 e. The lowest BCUT2D eigenvalue weighted by molar-refractivity contribution is -0.140. The predicted octanol–water partition coefficient (Wildman–Crippen LogP) is 6.62. The van der Waals surface area contributed by atoms with Gasteiger partial charge in [0, 0.05) is 18.5 Å². The Morgan fingerprint density at radius 1 is 0.761 bits per heavy atom. The summed E-state index contributed by atoms with van der Waals surface area (Å²) in [6, 6.07) is 30.3. The highest BCUT2D eigenvalue weighted by atomic mass is 32.2. The quantitative estimate of drug-likeness (QED) is 0.189. The average molecular weight is 640 g/mol. The number of rotatable bonds is 12. The Hall–Kier alpha value is -4.43. The molecule has 0 saturated carbocycles. The molecular weight excluding hydrogens is 595 g/mol. The van der Waals surface area contributed by atoms with Gasteiger partial charge in [0.2, 0.25) is 11.8 Å². The molecule has 46 heavy (non-hydrogen) atoms. The third-order valence-corrected chi connectivity index (χ3v) is 9.55. The van der Waals surface area contributed by atoms with Crippen LogP contribution >= 0.6 is 0 Å². The second-order valence-corrected chi connectivity index (χ2v) is 14.6. The van der Waals surface area contributed by atoms with E-state index in [1.54, 1.807) is 36.4 Å². The van der Waals surface area contributed by atoms with Gasteiger partial charge in [-0.15, -0.1) is 0 Å². The van der Waals surface area contributed by atoms with Crippen LogP contribution in [0.3, 0.4) is 0 Å². The Kier molecular flexibility index (Phi) is 11.1. The molecule has 0 aromatic heterocycles. The van der Waals surface area contributed by atoms with Gasteiger partial charge in [-0.1, -0.05) is 103 Å². The Labute approximate surface area is 274 Å². The summed E-state index contributed by atoms with van der Waals surface area (Å²) in [6.07, 6.45) is 0.832. The van der Waals surface area contributed by atoms with Gasteiger partial charge < -0.3 is 10.2 Å². The summed E-state index contributed by atoms with van der Waals surface area (Å²) in [7, 11) is -4.16. The number of aryl methyl sites for hydroxylation is 3. The summed E-state index contributed by atoms with van der Waals surface area (Å²) < 4.78 is 29.8. The number of nitrogens with zero attached hydrogens (tertiary/aromatic N) is 2. The topological polar surface area (TPSA) is 86.8 Å². The van der Waals surface area contributed by atoms with Crippen LogP contribution in [0, 0.1) is 13.8 Å². The molecule has 0 bridgehead atoms. The Balaban J connectivity index is 1.84. The van der Waals surface area contributed by atoms with Gasteiger partial charge in [-0.25, -0.2) is 8.42 Å². The molecule has 1 atom stereocenters. The van der Waals surface area contributed by atoms with Crippen molar-refractivity contribution in [3.05, 3.63) is 131 Å². The zero-order valence-corrected chi connectivity index (χ0v) is 28.5. The number of carbonyl (C=O) groups excluding carboxylic acids is 2. The van der Waals surface area contributed by atoms with Gasteiger partial charge in [-0.2, -0.15) is 0 Å². The first-order valence-corrected chi connectivity index (χ1v) is 17.1. The highest BCUT2D eigenvalue weighted by Gasteiger charge is 2.36. The van der Waals surface area contributed by atoms with E-state index in [-0.39, 0.29) is 23.8 Å². The monoisotopic (exact) mass is 639 g/mol. The van der Waals surface area contributed by atoms with E-state index < -0.39 is 34.1 Å². The molecule has 4 rings (SSSR count). The lowest BCUT2D eigenvalue weighted by Gasteiger charge is -2.35. The summed E-state index contributed by atoms with van der Waals surface area (Å²) in [5.41, 5.74) is 4.40. The number of hydrogen-bond donors (Lipinski definition) is 1. The van der Waals surface area contributed by atoms with E-state index in [0.717, 1.165) is 27.8 Å². The summed E-state index contributed by atoms with van der Waals surface area (Å²) in [5, 5.41) is 3.07. The SMILES string of the molecule is CCc1ccccc1N(CC(=O)N(Cc1ccc(C)cc1)[C@@H](Cc1ccccc1)C(=O)NC(C)(C)C)S(=O)(=O)c1ccc(C)cc1. The first kappa shape index (κ1) is 34.4. The predicted molar refractivity (Wildman–Crippen MR) is 185 cm³/mol. The first-order valence-electron chi connectivity index (χ1n) is 15.7. The second-order valence-electron chi connectivity index (χ2n) is 12.8. The van der Waals surface area contributed by atoms with Crippen LogP contribution in [-0.4, -0.2) is 43.3 Å². The molecule has 0 fully saturated rings. The normalized spacial score (nSPS) is 12.3. The smallest absolute Gasteiger partial charge is 0.264 e. The fourth-order valence-electron chi connectivity index (χ4n) is 5.30. The van der Waals surface area contributed by atoms with Crippen LogP contribution in [0.1, 0.15) is 55.5 Å². The van der Waals surface area contributed by atoms with Gasteiger partial charge in [0.1, 0.15) is 12.6 Å². The van der Waals surface area contributed by atoms with E-state index in [0.29, 0.717) is 12.1 Å². The Bertz CT molecular complexity index is 1730. The maximum absolute atomic E-state index is 14.7. The minimum absolute atomic E-state index is 0.0909. The number of sulfonamides is 1. The molecule has 1 N–H and O–H groups in total. The van der Waals surface area contributed by atoms with Crippen LogP contribution in [-0.2, 0) is 39.0 Å². The minimum atomic E-state index is -4.16. The molecule has 2 amide bonds. The fraction of sp³-hybridized carbons (Fsp3) is 0.316. The van der Waals surface area contributed by atoms with Crippen LogP contribution in [0.4, 0.5) is 5.69 Å². The Morgan fingerprint density at radius 3 is 1.91 bits per heavy atom. The fourth-order valence-corrected chi connectivity index (χ4v) is 6.75. The number of amides is 2. The van der Waals surface area contributed by atoms with E-state index in [1.165, 1.54) is 9.21 Å². The summed E-state index contributed by atoms with van der Waals surface area (Å²) in [4.78, 5) is 30.3. The lowest BCUT2D eigenvalue weighted by Crippen LogP contribution is -2.56. The van der Waals surface area contributed by atoms with E-state index >= 15 is 0 Å². The average Bonchev–Trinajstić information content (AvgIpc) is 3.02. The van der Waals surface area contributed by atoms with Gasteiger partial charge in [-0.3, -0.25) is 13.9 Å². The number of carbonyl (C=O) groups is 2. The van der Waals surface area contributed by atoms with Gasteiger partial charge >= 0.3 is 0 Å². The summed E-state index contributed by atoms with van der Waals surface area (Å²) in [6.45, 7) is 11.2. The summed E-state index contributed by atoms with van der Waals surface area (Å²) in [5.74, 6) is -0.786. The molecule has 0 spiro atoms. The number of nitrogens with one attached hydrogen (secondary N) is 1. The molecule has 0 aliphatic carbocycles. The van der Waals surface area contributed by atoms with Crippen LogP contribution in [0.2, 0.25) is 0 Å². The van der Waals surface area contributed by atoms with Crippen LogP contribution in [0.5, 0.6) is 0 Å². The zero-order chi connectivity index (χ0) is 33.5. The molecule has 0 unspecified atom stereocenters. The molecule has 0 aliphatic heterocycles. The molecule has 0 saturated heterocycles.